The van der Waals surface area contributed by atoms with Crippen molar-refractivity contribution in [3.8, 4) is 0 Å². The molecule has 2 nitrogen and oxygen atoms in total. The lowest BCUT2D eigenvalue weighted by Gasteiger charge is -2.02. The summed E-state index contributed by atoms with van der Waals surface area (Å²) in [5, 5.41) is 0. The molecule has 0 aliphatic carbocycles. The van der Waals surface area contributed by atoms with Gasteiger partial charge in [-0.3, -0.25) is 4.79 Å². The van der Waals surface area contributed by atoms with E-state index in [0.717, 1.165) is 8.04 Å². The second-order valence-corrected chi connectivity index (χ2v) is 5.14. The summed E-state index contributed by atoms with van der Waals surface area (Å²) in [6.07, 6.45) is 1.75. The quantitative estimate of drug-likeness (QED) is 0.631. The monoisotopic (exact) mass is 375 g/mol. The highest BCUT2D eigenvalue weighted by Gasteiger charge is 2.13. The van der Waals surface area contributed by atoms with Crippen molar-refractivity contribution < 1.29 is 4.79 Å². The number of H-pyrrole nitrogens is 1. The molecule has 15 heavy (non-hydrogen) atoms. The molecule has 1 aromatic carbocycles. The van der Waals surface area contributed by atoms with Gasteiger partial charge in [-0.05, 0) is 52.9 Å². The van der Waals surface area contributed by atoms with Gasteiger partial charge < -0.3 is 4.98 Å². The molecule has 0 spiro atoms. The van der Waals surface area contributed by atoms with Crippen LogP contribution in [0.25, 0.3) is 0 Å². The average molecular weight is 376 g/mol. The molecule has 2 aromatic rings. The Morgan fingerprint density at radius 1 is 1.33 bits per heavy atom. The molecule has 1 heterocycles. The summed E-state index contributed by atoms with van der Waals surface area (Å²) in [6, 6.07) is 9.30. The second-order valence-electron chi connectivity index (χ2n) is 3.04. The summed E-state index contributed by atoms with van der Waals surface area (Å²) in [5.41, 5.74) is 1.29. The van der Waals surface area contributed by atoms with E-state index in [1.54, 1.807) is 12.3 Å². The highest BCUT2D eigenvalue weighted by atomic mass is 127. The van der Waals surface area contributed by atoms with Crippen molar-refractivity contribution in [2.75, 3.05) is 0 Å². The third-order valence-electron chi connectivity index (χ3n) is 2.02. The maximum Gasteiger partial charge on any atom is 0.210 e. The normalized spacial score (nSPS) is 10.3. The van der Waals surface area contributed by atoms with Crippen LogP contribution in [0, 0.1) is 3.57 Å². The van der Waals surface area contributed by atoms with E-state index in [-0.39, 0.29) is 5.78 Å². The Balaban J connectivity index is 2.46. The lowest BCUT2D eigenvalue weighted by atomic mass is 10.1. The molecule has 0 atom stereocenters. The third-order valence-corrected chi connectivity index (χ3v) is 3.38. The van der Waals surface area contributed by atoms with Gasteiger partial charge in [-0.2, -0.15) is 0 Å². The van der Waals surface area contributed by atoms with E-state index in [9.17, 15) is 4.79 Å². The van der Waals surface area contributed by atoms with Crippen molar-refractivity contribution >= 4 is 44.3 Å². The first kappa shape index (κ1) is 10.9. The van der Waals surface area contributed by atoms with Gasteiger partial charge in [0.1, 0.15) is 0 Å². The molecule has 0 amide bonds. The van der Waals surface area contributed by atoms with Crippen LogP contribution in [-0.4, -0.2) is 10.8 Å². The summed E-state index contributed by atoms with van der Waals surface area (Å²) < 4.78 is 1.87. The number of hydrogen-bond donors (Lipinski definition) is 1. The SMILES string of the molecule is O=C(c1ccc[nH]1)c1cc(I)ccc1Br. The standard InChI is InChI=1S/C11H7BrINO/c12-9-4-3-7(13)6-8(9)11(15)10-2-1-5-14-10/h1-6,14H. The highest BCUT2D eigenvalue weighted by Crippen LogP contribution is 2.21. The minimum atomic E-state index is 0.00499. The number of carbonyl (C=O) groups is 1. The lowest BCUT2D eigenvalue weighted by molar-refractivity contribution is 0.103. The minimum absolute atomic E-state index is 0.00499. The van der Waals surface area contributed by atoms with E-state index in [2.05, 4.69) is 43.5 Å². The largest absolute Gasteiger partial charge is 0.359 e. The van der Waals surface area contributed by atoms with Crippen LogP contribution in [0.3, 0.4) is 0 Å². The Kier molecular flexibility index (Phi) is 3.25. The molecule has 0 bridgehead atoms. The fourth-order valence-corrected chi connectivity index (χ4v) is 2.21. The van der Waals surface area contributed by atoms with Crippen molar-refractivity contribution in [3.05, 3.63) is 55.8 Å². The zero-order chi connectivity index (χ0) is 10.8. The van der Waals surface area contributed by atoms with E-state index in [4.69, 9.17) is 0 Å². The Hall–Kier alpha value is -0.620. The van der Waals surface area contributed by atoms with Crippen LogP contribution >= 0.6 is 38.5 Å². The predicted octanol–water partition coefficient (Wildman–Crippen LogP) is 3.61. The van der Waals surface area contributed by atoms with Crippen molar-refractivity contribution in [1.82, 2.24) is 4.98 Å². The number of nitrogens with one attached hydrogen (secondary N) is 1. The topological polar surface area (TPSA) is 32.9 Å². The van der Waals surface area contributed by atoms with Crippen molar-refractivity contribution in [2.45, 2.75) is 0 Å². The van der Waals surface area contributed by atoms with Crippen LogP contribution in [0.4, 0.5) is 0 Å². The van der Waals surface area contributed by atoms with Gasteiger partial charge in [-0.25, -0.2) is 0 Å². The summed E-state index contributed by atoms with van der Waals surface area (Å²) >= 11 is 5.57. The Bertz CT molecular complexity index is 493. The summed E-state index contributed by atoms with van der Waals surface area (Å²) in [4.78, 5) is 14.9. The summed E-state index contributed by atoms with van der Waals surface area (Å²) in [6.45, 7) is 0. The van der Waals surface area contributed by atoms with Crippen LogP contribution in [0.1, 0.15) is 16.1 Å². The molecule has 0 aliphatic heterocycles. The van der Waals surface area contributed by atoms with E-state index in [1.807, 2.05) is 24.3 Å². The lowest BCUT2D eigenvalue weighted by Crippen LogP contribution is -2.02. The Labute approximate surface area is 109 Å². The number of halogens is 2. The summed E-state index contributed by atoms with van der Waals surface area (Å²) in [7, 11) is 0. The van der Waals surface area contributed by atoms with E-state index in [1.165, 1.54) is 0 Å². The van der Waals surface area contributed by atoms with E-state index < -0.39 is 0 Å². The molecule has 1 N–H and O–H groups in total. The average Bonchev–Trinajstić information content (AvgIpc) is 2.74. The number of hydrogen-bond acceptors (Lipinski definition) is 1. The Morgan fingerprint density at radius 3 is 2.80 bits per heavy atom. The van der Waals surface area contributed by atoms with Gasteiger partial charge in [-0.1, -0.05) is 15.9 Å². The molecule has 0 radical (unpaired) electrons. The first-order valence-corrected chi connectivity index (χ1v) is 6.19. The molecule has 0 unspecified atom stereocenters. The zero-order valence-corrected chi connectivity index (χ0v) is 11.4. The molecule has 0 saturated carbocycles. The van der Waals surface area contributed by atoms with Crippen LogP contribution < -0.4 is 0 Å². The van der Waals surface area contributed by atoms with Gasteiger partial charge in [0.05, 0.1) is 5.69 Å². The Morgan fingerprint density at radius 2 is 2.13 bits per heavy atom. The maximum atomic E-state index is 12.0. The van der Waals surface area contributed by atoms with E-state index in [0.29, 0.717) is 11.3 Å². The number of carbonyl (C=O) groups excluding carboxylic acids is 1. The first-order chi connectivity index (χ1) is 7.18. The molecule has 0 fully saturated rings. The van der Waals surface area contributed by atoms with Gasteiger partial charge in [0.2, 0.25) is 5.78 Å². The number of benzene rings is 1. The van der Waals surface area contributed by atoms with Crippen LogP contribution in [0.15, 0.2) is 41.0 Å². The predicted molar refractivity (Wildman–Crippen MR) is 71.1 cm³/mol. The third kappa shape index (κ3) is 2.31. The summed E-state index contributed by atoms with van der Waals surface area (Å²) in [5.74, 6) is 0.00499. The highest BCUT2D eigenvalue weighted by molar-refractivity contribution is 14.1. The minimum Gasteiger partial charge on any atom is -0.359 e. The number of ketones is 1. The van der Waals surface area contributed by atoms with Crippen LogP contribution in [0.5, 0.6) is 0 Å². The molecular formula is C11H7BrINO. The molecule has 1 aromatic heterocycles. The van der Waals surface area contributed by atoms with Crippen molar-refractivity contribution in [3.63, 3.8) is 0 Å². The van der Waals surface area contributed by atoms with E-state index >= 15 is 0 Å². The number of rotatable bonds is 2. The fraction of sp³-hybridized carbons (Fsp3) is 0. The molecule has 0 aliphatic rings. The number of aromatic nitrogens is 1. The van der Waals surface area contributed by atoms with Gasteiger partial charge in [0, 0.05) is 19.8 Å². The van der Waals surface area contributed by atoms with Gasteiger partial charge >= 0.3 is 0 Å². The molecular weight excluding hydrogens is 369 g/mol. The fourth-order valence-electron chi connectivity index (χ4n) is 1.29. The van der Waals surface area contributed by atoms with Gasteiger partial charge in [0.15, 0.2) is 0 Å². The molecule has 0 saturated heterocycles. The van der Waals surface area contributed by atoms with Crippen LogP contribution in [0.2, 0.25) is 0 Å². The van der Waals surface area contributed by atoms with Gasteiger partial charge in [0.25, 0.3) is 0 Å². The van der Waals surface area contributed by atoms with Gasteiger partial charge in [-0.15, -0.1) is 0 Å². The molecule has 2 rings (SSSR count). The smallest absolute Gasteiger partial charge is 0.210 e. The van der Waals surface area contributed by atoms with Crippen LogP contribution in [-0.2, 0) is 0 Å². The zero-order valence-electron chi connectivity index (χ0n) is 7.63. The maximum absolute atomic E-state index is 12.0. The molecule has 76 valence electrons. The van der Waals surface area contributed by atoms with Crippen molar-refractivity contribution in [2.24, 2.45) is 0 Å². The number of aromatic amines is 1. The first-order valence-electron chi connectivity index (χ1n) is 4.31. The molecule has 4 heteroatoms. The van der Waals surface area contributed by atoms with Crippen molar-refractivity contribution in [1.29, 1.82) is 0 Å². The second kappa shape index (κ2) is 4.49.